The molecule has 9 heteroatoms. The zero-order valence-electron chi connectivity index (χ0n) is 44.6. The maximum atomic E-state index is 12.8. The normalized spacial score (nSPS) is 13.6. The summed E-state index contributed by atoms with van der Waals surface area (Å²) in [5.74, 6) is -2.32. The topological polar surface area (TPSA) is 111 Å². The minimum absolute atomic E-state index is 0.139. The SMILES string of the molecule is CC/C=C\C/C=C\C/C=C\C/C=C\C/C=C\CCCCCCCCCCCC(=O)OC(COC(=O)CCCCCCCC/C=C\C/C=C\C/C=C\CCCCC)COC(OCC[N+](C)(C)C)C(=O)[O-]. The molecule has 0 aliphatic heterocycles. The van der Waals surface area contributed by atoms with E-state index < -0.39 is 24.3 Å². The number of ether oxygens (including phenoxy) is 4. The Balaban J connectivity index is 4.35. The summed E-state index contributed by atoms with van der Waals surface area (Å²) in [5.41, 5.74) is 0. The van der Waals surface area contributed by atoms with Gasteiger partial charge in [-0.2, -0.15) is 0 Å². The summed E-state index contributed by atoms with van der Waals surface area (Å²) in [6, 6.07) is 0. The summed E-state index contributed by atoms with van der Waals surface area (Å²) in [6.07, 6.45) is 64.4. The monoisotopic (exact) mass is 964 g/mol. The summed E-state index contributed by atoms with van der Waals surface area (Å²) in [7, 11) is 5.90. The van der Waals surface area contributed by atoms with Crippen molar-refractivity contribution in [2.75, 3.05) is 47.5 Å². The number of aliphatic carboxylic acids is 1. The number of unbranched alkanes of at least 4 members (excludes halogenated alkanes) is 18. The fourth-order valence-electron chi connectivity index (χ4n) is 7.10. The molecule has 9 nitrogen and oxygen atoms in total. The lowest BCUT2D eigenvalue weighted by Gasteiger charge is -2.26. The van der Waals surface area contributed by atoms with E-state index in [4.69, 9.17) is 18.9 Å². The van der Waals surface area contributed by atoms with Crippen LogP contribution in [0.2, 0.25) is 0 Å². The zero-order valence-corrected chi connectivity index (χ0v) is 44.6. The second kappa shape index (κ2) is 50.6. The summed E-state index contributed by atoms with van der Waals surface area (Å²) in [5, 5.41) is 11.8. The Bertz CT molecular complexity index is 1450. The highest BCUT2D eigenvalue weighted by atomic mass is 16.7. The molecule has 0 aromatic rings. The number of carboxylic acids is 1. The molecule has 0 aliphatic carbocycles. The van der Waals surface area contributed by atoms with Crippen molar-refractivity contribution in [3.8, 4) is 0 Å². The second-order valence-corrected chi connectivity index (χ2v) is 19.1. The first kappa shape index (κ1) is 65.2. The van der Waals surface area contributed by atoms with Gasteiger partial charge in [0.25, 0.3) is 0 Å². The number of likely N-dealkylation sites (N-methyl/N-ethyl adjacent to an activating group) is 1. The Labute approximate surface area is 422 Å². The molecular formula is C60H101NO8. The number of nitrogens with zero attached hydrogens (tertiary/aromatic N) is 1. The van der Waals surface area contributed by atoms with Gasteiger partial charge in [0.15, 0.2) is 12.4 Å². The highest BCUT2D eigenvalue weighted by Crippen LogP contribution is 2.14. The zero-order chi connectivity index (χ0) is 50.6. The summed E-state index contributed by atoms with van der Waals surface area (Å²) in [6.45, 7) is 4.57. The lowest BCUT2D eigenvalue weighted by molar-refractivity contribution is -0.870. The van der Waals surface area contributed by atoms with E-state index in [2.05, 4.69) is 111 Å². The third-order valence-electron chi connectivity index (χ3n) is 11.3. The molecule has 394 valence electrons. The minimum atomic E-state index is -1.63. The third-order valence-corrected chi connectivity index (χ3v) is 11.3. The van der Waals surface area contributed by atoms with Crippen LogP contribution in [0.3, 0.4) is 0 Å². The first-order chi connectivity index (χ1) is 33.6. The Morgan fingerprint density at radius 2 is 0.826 bits per heavy atom. The van der Waals surface area contributed by atoms with E-state index in [1.54, 1.807) is 0 Å². The fourth-order valence-corrected chi connectivity index (χ4v) is 7.10. The average Bonchev–Trinajstić information content (AvgIpc) is 3.31. The fraction of sp³-hybridized carbons (Fsp3) is 0.683. The van der Waals surface area contributed by atoms with Gasteiger partial charge in [0.1, 0.15) is 13.2 Å². The predicted molar refractivity (Wildman–Crippen MR) is 287 cm³/mol. The molecule has 0 spiro atoms. The van der Waals surface area contributed by atoms with Gasteiger partial charge in [-0.05, 0) is 96.3 Å². The molecule has 0 N–H and O–H groups in total. The van der Waals surface area contributed by atoms with Crippen molar-refractivity contribution < 1.29 is 42.9 Å². The molecule has 0 aromatic heterocycles. The second-order valence-electron chi connectivity index (χ2n) is 19.1. The molecule has 0 rings (SSSR count). The molecule has 2 unspecified atom stereocenters. The molecule has 0 amide bonds. The summed E-state index contributed by atoms with van der Waals surface area (Å²) in [4.78, 5) is 37.2. The van der Waals surface area contributed by atoms with Crippen LogP contribution in [0.4, 0.5) is 0 Å². The van der Waals surface area contributed by atoms with Crippen molar-refractivity contribution >= 4 is 17.9 Å². The minimum Gasteiger partial charge on any atom is -0.545 e. The molecule has 2 atom stereocenters. The lowest BCUT2D eigenvalue weighted by atomic mass is 10.1. The maximum Gasteiger partial charge on any atom is 0.306 e. The van der Waals surface area contributed by atoms with E-state index in [0.717, 1.165) is 103 Å². The van der Waals surface area contributed by atoms with Gasteiger partial charge in [-0.15, -0.1) is 0 Å². The predicted octanol–water partition coefficient (Wildman–Crippen LogP) is 14.4. The van der Waals surface area contributed by atoms with Crippen LogP contribution >= 0.6 is 0 Å². The van der Waals surface area contributed by atoms with Crippen LogP contribution in [-0.2, 0) is 33.3 Å². The lowest BCUT2D eigenvalue weighted by Crippen LogP contribution is -2.44. The van der Waals surface area contributed by atoms with E-state index in [1.807, 2.05) is 21.1 Å². The molecule has 0 aliphatic rings. The number of hydrogen-bond donors (Lipinski definition) is 0. The van der Waals surface area contributed by atoms with Gasteiger partial charge >= 0.3 is 11.9 Å². The van der Waals surface area contributed by atoms with Gasteiger partial charge < -0.3 is 33.3 Å². The number of rotatable bonds is 49. The standard InChI is InChI=1S/C60H101NO8/c1-6-8-10-12-14-16-18-20-22-24-26-27-28-29-30-31-33-35-37-39-41-43-45-47-49-51-58(63)69-56(55-68-60(59(64)65)66-53-52-61(3,4)5)54-67-57(62)50-48-46-44-42-40-38-36-34-32-25-23-21-19-17-15-13-11-9-7-2/h8,10,14-17,20-23,26-27,29-30,32,34,56,60H,6-7,9,11-13,18-19,24-25,28,31,33,35-55H2,1-5H3/b10-8-,16-14-,17-15-,22-20-,23-21-,27-26-,30-29-,34-32-. The molecule has 0 fully saturated rings. The third kappa shape index (κ3) is 51.9. The van der Waals surface area contributed by atoms with Crippen molar-refractivity contribution in [2.45, 2.75) is 219 Å². The Hall–Kier alpha value is -3.79. The Kier molecular flexibility index (Phi) is 47.8. The van der Waals surface area contributed by atoms with Crippen LogP contribution in [0.15, 0.2) is 97.2 Å². The maximum absolute atomic E-state index is 12.8. The van der Waals surface area contributed by atoms with Crippen LogP contribution in [0, 0.1) is 0 Å². The first-order valence-corrected chi connectivity index (χ1v) is 27.4. The molecule has 0 saturated carbocycles. The Morgan fingerprint density at radius 3 is 1.23 bits per heavy atom. The first-order valence-electron chi connectivity index (χ1n) is 27.4. The molecule has 0 heterocycles. The van der Waals surface area contributed by atoms with E-state index in [-0.39, 0.29) is 38.6 Å². The number of quaternary nitrogens is 1. The van der Waals surface area contributed by atoms with E-state index >= 15 is 0 Å². The number of carboxylic acid groups (broad SMARTS) is 1. The van der Waals surface area contributed by atoms with Crippen molar-refractivity contribution in [3.63, 3.8) is 0 Å². The number of hydrogen-bond acceptors (Lipinski definition) is 8. The van der Waals surface area contributed by atoms with Gasteiger partial charge in [0, 0.05) is 12.8 Å². The van der Waals surface area contributed by atoms with Crippen molar-refractivity contribution in [1.82, 2.24) is 0 Å². The van der Waals surface area contributed by atoms with Crippen LogP contribution in [0.5, 0.6) is 0 Å². The molecular weight excluding hydrogens is 863 g/mol. The number of carbonyl (C=O) groups is 3. The summed E-state index contributed by atoms with van der Waals surface area (Å²) < 4.78 is 22.6. The Morgan fingerprint density at radius 1 is 0.449 bits per heavy atom. The molecule has 0 radical (unpaired) electrons. The molecule has 69 heavy (non-hydrogen) atoms. The van der Waals surface area contributed by atoms with E-state index in [1.165, 1.54) is 70.6 Å². The van der Waals surface area contributed by atoms with Crippen molar-refractivity contribution in [3.05, 3.63) is 97.2 Å². The van der Waals surface area contributed by atoms with Gasteiger partial charge in [0.2, 0.25) is 0 Å². The van der Waals surface area contributed by atoms with E-state index in [0.29, 0.717) is 17.4 Å². The van der Waals surface area contributed by atoms with Crippen molar-refractivity contribution in [2.24, 2.45) is 0 Å². The average molecular weight is 964 g/mol. The molecule has 0 bridgehead atoms. The van der Waals surface area contributed by atoms with Gasteiger partial charge in [-0.25, -0.2) is 0 Å². The van der Waals surface area contributed by atoms with Crippen LogP contribution in [0.1, 0.15) is 206 Å². The van der Waals surface area contributed by atoms with Gasteiger partial charge in [0.05, 0.1) is 40.3 Å². The van der Waals surface area contributed by atoms with E-state index in [9.17, 15) is 19.5 Å². The quantitative estimate of drug-likeness (QED) is 0.0195. The smallest absolute Gasteiger partial charge is 0.306 e. The summed E-state index contributed by atoms with van der Waals surface area (Å²) >= 11 is 0. The largest absolute Gasteiger partial charge is 0.545 e. The number of esters is 2. The van der Waals surface area contributed by atoms with Crippen LogP contribution in [-0.4, -0.2) is 82.3 Å². The number of carbonyl (C=O) groups excluding carboxylic acids is 3. The number of allylic oxidation sites excluding steroid dienone is 16. The highest BCUT2D eigenvalue weighted by molar-refractivity contribution is 5.70. The molecule has 0 saturated heterocycles. The van der Waals surface area contributed by atoms with Crippen LogP contribution < -0.4 is 5.11 Å². The van der Waals surface area contributed by atoms with Gasteiger partial charge in [-0.3, -0.25) is 9.59 Å². The van der Waals surface area contributed by atoms with Crippen molar-refractivity contribution in [1.29, 1.82) is 0 Å². The molecule has 0 aromatic carbocycles. The van der Waals surface area contributed by atoms with Crippen LogP contribution in [0.25, 0.3) is 0 Å². The van der Waals surface area contributed by atoms with Gasteiger partial charge in [-0.1, -0.05) is 195 Å². The highest BCUT2D eigenvalue weighted by Gasteiger charge is 2.22.